The number of halogens is 1. The molecule has 0 saturated heterocycles. The lowest BCUT2D eigenvalue weighted by Gasteiger charge is -2.05. The zero-order valence-electron chi connectivity index (χ0n) is 11.6. The van der Waals surface area contributed by atoms with Crippen LogP contribution in [-0.2, 0) is 0 Å². The van der Waals surface area contributed by atoms with Crippen molar-refractivity contribution in [3.8, 4) is 11.1 Å². The number of hydrogen-bond donors (Lipinski definition) is 1. The van der Waals surface area contributed by atoms with E-state index in [4.69, 9.17) is 11.6 Å². The number of thiophene rings is 1. The van der Waals surface area contributed by atoms with Crippen LogP contribution in [-0.4, -0.2) is 16.0 Å². The number of rotatable bonds is 3. The van der Waals surface area contributed by atoms with Crippen LogP contribution in [0.3, 0.4) is 0 Å². The smallest absolute Gasteiger partial charge is 0.225 e. The van der Waals surface area contributed by atoms with E-state index in [9.17, 15) is 0 Å². The van der Waals surface area contributed by atoms with Crippen molar-refractivity contribution in [1.82, 2.24) is 9.97 Å². The van der Waals surface area contributed by atoms with Crippen molar-refractivity contribution in [2.75, 3.05) is 5.32 Å². The zero-order chi connectivity index (χ0) is 14.4. The van der Waals surface area contributed by atoms with Gasteiger partial charge < -0.3 is 5.32 Å². The predicted molar refractivity (Wildman–Crippen MR) is 89.2 cm³/mol. The van der Waals surface area contributed by atoms with Gasteiger partial charge in [0.15, 0.2) is 0 Å². The van der Waals surface area contributed by atoms with Crippen molar-refractivity contribution < 1.29 is 0 Å². The molecule has 0 atom stereocenters. The van der Waals surface area contributed by atoms with E-state index in [-0.39, 0.29) is 0 Å². The molecule has 0 bridgehead atoms. The van der Waals surface area contributed by atoms with Crippen LogP contribution in [0.5, 0.6) is 0 Å². The fourth-order valence-corrected chi connectivity index (χ4v) is 3.86. The molecule has 3 aromatic rings. The summed E-state index contributed by atoms with van der Waals surface area (Å²) in [5.74, 6) is 0.649. The number of aryl methyl sites for hydroxylation is 1. The first-order valence-corrected chi connectivity index (χ1v) is 8.20. The van der Waals surface area contributed by atoms with Gasteiger partial charge in [-0.25, -0.2) is 9.97 Å². The van der Waals surface area contributed by atoms with E-state index in [0.29, 0.717) is 17.1 Å². The summed E-state index contributed by atoms with van der Waals surface area (Å²) >= 11 is 8.12. The molecule has 3 nitrogen and oxygen atoms in total. The number of nitrogens with one attached hydrogen (secondary N) is 1. The Morgan fingerprint density at radius 3 is 2.67 bits per heavy atom. The van der Waals surface area contributed by atoms with Gasteiger partial charge in [0.25, 0.3) is 0 Å². The minimum absolute atomic E-state index is 0.521. The Balaban J connectivity index is 1.90. The summed E-state index contributed by atoms with van der Waals surface area (Å²) in [5.41, 5.74) is 2.31. The molecule has 21 heavy (non-hydrogen) atoms. The number of fused-ring (bicyclic) bond motifs is 1. The molecule has 0 aliphatic heterocycles. The lowest BCUT2D eigenvalue weighted by Crippen LogP contribution is -2.05. The van der Waals surface area contributed by atoms with Crippen molar-refractivity contribution >= 4 is 39.1 Å². The van der Waals surface area contributed by atoms with E-state index in [1.807, 2.05) is 18.2 Å². The summed E-state index contributed by atoms with van der Waals surface area (Å²) in [6.45, 7) is 2.11. The van der Waals surface area contributed by atoms with E-state index in [2.05, 4.69) is 34.3 Å². The van der Waals surface area contributed by atoms with Crippen LogP contribution in [0, 0.1) is 6.92 Å². The highest BCUT2D eigenvalue weighted by Gasteiger charge is 2.23. The minimum atomic E-state index is 0.521. The highest BCUT2D eigenvalue weighted by atomic mass is 35.5. The Morgan fingerprint density at radius 1 is 1.19 bits per heavy atom. The molecule has 1 N–H and O–H groups in total. The second kappa shape index (κ2) is 4.97. The molecule has 2 heterocycles. The quantitative estimate of drug-likeness (QED) is 0.699. The Bertz CT molecular complexity index is 809. The van der Waals surface area contributed by atoms with E-state index < -0.39 is 0 Å². The van der Waals surface area contributed by atoms with Crippen LogP contribution >= 0.6 is 22.9 Å². The number of aromatic nitrogens is 2. The van der Waals surface area contributed by atoms with Crippen LogP contribution < -0.4 is 5.32 Å². The van der Waals surface area contributed by atoms with Crippen LogP contribution in [0.1, 0.15) is 17.7 Å². The van der Waals surface area contributed by atoms with Gasteiger partial charge in [-0.3, -0.25) is 0 Å². The molecule has 106 valence electrons. The third-order valence-corrected chi connectivity index (χ3v) is 4.93. The fourth-order valence-electron chi connectivity index (χ4n) is 2.50. The minimum Gasteiger partial charge on any atom is -0.351 e. The topological polar surface area (TPSA) is 37.8 Å². The van der Waals surface area contributed by atoms with Crippen LogP contribution in [0.25, 0.3) is 21.3 Å². The second-order valence-corrected chi connectivity index (χ2v) is 6.90. The number of nitrogens with zero attached hydrogens (tertiary/aromatic N) is 2. The van der Waals surface area contributed by atoms with Crippen molar-refractivity contribution in [2.24, 2.45) is 0 Å². The molecule has 0 spiro atoms. The fraction of sp³-hybridized carbons (Fsp3) is 0.250. The third kappa shape index (κ3) is 2.39. The molecule has 5 heteroatoms. The number of anilines is 1. The Morgan fingerprint density at radius 2 is 1.95 bits per heavy atom. The highest BCUT2D eigenvalue weighted by Crippen LogP contribution is 2.41. The largest absolute Gasteiger partial charge is 0.351 e. The number of benzene rings is 1. The predicted octanol–water partition coefficient (Wildman–Crippen LogP) is 4.89. The maximum absolute atomic E-state index is 6.45. The summed E-state index contributed by atoms with van der Waals surface area (Å²) in [4.78, 5) is 11.2. The molecule has 2 aromatic heterocycles. The average Bonchev–Trinajstić information content (AvgIpc) is 3.21. The lowest BCUT2D eigenvalue weighted by atomic mass is 10.0. The van der Waals surface area contributed by atoms with Gasteiger partial charge in [-0.2, -0.15) is 0 Å². The Labute approximate surface area is 132 Å². The molecule has 1 saturated carbocycles. The molecule has 0 amide bonds. The molecule has 1 aliphatic carbocycles. The molecular formula is C16H14ClN3S. The summed E-state index contributed by atoms with van der Waals surface area (Å²) in [6, 6.07) is 10.8. The van der Waals surface area contributed by atoms with Crippen molar-refractivity contribution in [1.29, 1.82) is 0 Å². The van der Waals surface area contributed by atoms with E-state index in [0.717, 1.165) is 21.3 Å². The molecule has 0 unspecified atom stereocenters. The first-order chi connectivity index (χ1) is 10.2. The maximum atomic E-state index is 6.45. The van der Waals surface area contributed by atoms with Gasteiger partial charge in [-0.15, -0.1) is 11.3 Å². The lowest BCUT2D eigenvalue weighted by molar-refractivity contribution is 1.07. The third-order valence-electron chi connectivity index (χ3n) is 3.66. The zero-order valence-corrected chi connectivity index (χ0v) is 13.1. The van der Waals surface area contributed by atoms with Gasteiger partial charge in [-0.1, -0.05) is 41.9 Å². The highest BCUT2D eigenvalue weighted by molar-refractivity contribution is 7.19. The van der Waals surface area contributed by atoms with Gasteiger partial charge in [0.1, 0.15) is 9.98 Å². The summed E-state index contributed by atoms with van der Waals surface area (Å²) in [6.07, 6.45) is 2.38. The Kier molecular flexibility index (Phi) is 3.08. The van der Waals surface area contributed by atoms with E-state index >= 15 is 0 Å². The van der Waals surface area contributed by atoms with Crippen molar-refractivity contribution in [3.63, 3.8) is 0 Å². The summed E-state index contributed by atoms with van der Waals surface area (Å²) in [7, 11) is 0. The molecule has 0 radical (unpaired) electrons. The van der Waals surface area contributed by atoms with Crippen molar-refractivity contribution in [2.45, 2.75) is 25.8 Å². The van der Waals surface area contributed by atoms with Gasteiger partial charge in [0, 0.05) is 16.5 Å². The van der Waals surface area contributed by atoms with Crippen molar-refractivity contribution in [3.05, 3.63) is 40.4 Å². The second-order valence-electron chi connectivity index (χ2n) is 5.34. The van der Waals surface area contributed by atoms with Gasteiger partial charge >= 0.3 is 0 Å². The SMILES string of the molecule is Cc1sc2nc(NC3CC3)nc(Cl)c2c1-c1ccccc1. The van der Waals surface area contributed by atoms with Crippen LogP contribution in [0.15, 0.2) is 30.3 Å². The first-order valence-electron chi connectivity index (χ1n) is 7.01. The maximum Gasteiger partial charge on any atom is 0.225 e. The monoisotopic (exact) mass is 315 g/mol. The summed E-state index contributed by atoms with van der Waals surface area (Å²) < 4.78 is 0. The van der Waals surface area contributed by atoms with Crippen LogP contribution in [0.4, 0.5) is 5.95 Å². The van der Waals surface area contributed by atoms with Gasteiger partial charge in [0.2, 0.25) is 5.95 Å². The first kappa shape index (κ1) is 13.0. The molecular weight excluding hydrogens is 302 g/mol. The molecule has 1 aliphatic rings. The van der Waals surface area contributed by atoms with Gasteiger partial charge in [0.05, 0.1) is 5.39 Å². The summed E-state index contributed by atoms with van der Waals surface area (Å²) in [5, 5.41) is 4.82. The standard InChI is InChI=1S/C16H14ClN3S/c1-9-12(10-5-3-2-4-6-10)13-14(17)19-16(18-11-7-8-11)20-15(13)21-9/h2-6,11H,7-8H2,1H3,(H,18,19,20). The van der Waals surface area contributed by atoms with E-state index in [1.54, 1.807) is 11.3 Å². The normalized spacial score (nSPS) is 14.6. The molecule has 1 aromatic carbocycles. The van der Waals surface area contributed by atoms with E-state index in [1.165, 1.54) is 17.7 Å². The molecule has 1 fully saturated rings. The number of hydrogen-bond acceptors (Lipinski definition) is 4. The van der Waals surface area contributed by atoms with Gasteiger partial charge in [-0.05, 0) is 25.3 Å². The average molecular weight is 316 g/mol. The Hall–Kier alpha value is -1.65. The molecule has 4 rings (SSSR count). The van der Waals surface area contributed by atoms with Crippen LogP contribution in [0.2, 0.25) is 5.15 Å².